The van der Waals surface area contributed by atoms with Crippen LogP contribution < -0.4 is 14.8 Å². The zero-order chi connectivity index (χ0) is 22.7. The largest absolute Gasteiger partial charge is 0.497 e. The standard InChI is InChI=1S/C23H19BrN2O5S/c1-29-18-10-6-15(7-11-18)21-26-23(32(27,28)20-12-8-16(24)9-13-20)22(31-21)25-17-4-3-5-19(14-17)30-2/h3-14,25H,1-2H3. The van der Waals surface area contributed by atoms with E-state index in [0.717, 1.165) is 4.47 Å². The molecule has 0 radical (unpaired) electrons. The summed E-state index contributed by atoms with van der Waals surface area (Å²) in [7, 11) is -0.843. The second kappa shape index (κ2) is 9.05. The lowest BCUT2D eigenvalue weighted by Crippen LogP contribution is -2.05. The Morgan fingerprint density at radius 1 is 0.906 bits per heavy atom. The maximum absolute atomic E-state index is 13.4. The Kier molecular flexibility index (Phi) is 6.20. The lowest BCUT2D eigenvalue weighted by molar-refractivity contribution is 0.415. The number of nitrogens with one attached hydrogen (secondary N) is 1. The van der Waals surface area contributed by atoms with Gasteiger partial charge in [-0.1, -0.05) is 22.0 Å². The van der Waals surface area contributed by atoms with Crippen molar-refractivity contribution in [3.05, 3.63) is 77.3 Å². The van der Waals surface area contributed by atoms with Crippen LogP contribution in [0.3, 0.4) is 0 Å². The second-order valence-electron chi connectivity index (χ2n) is 6.70. The molecule has 1 aromatic heterocycles. The van der Waals surface area contributed by atoms with Crippen LogP contribution in [0.15, 0.2) is 91.6 Å². The quantitative estimate of drug-likeness (QED) is 0.338. The van der Waals surface area contributed by atoms with E-state index < -0.39 is 9.84 Å². The van der Waals surface area contributed by atoms with E-state index in [4.69, 9.17) is 13.9 Å². The van der Waals surface area contributed by atoms with Crippen LogP contribution in [-0.4, -0.2) is 27.6 Å². The highest BCUT2D eigenvalue weighted by atomic mass is 79.9. The number of anilines is 2. The van der Waals surface area contributed by atoms with Crippen LogP contribution in [0, 0.1) is 0 Å². The normalized spacial score (nSPS) is 11.2. The lowest BCUT2D eigenvalue weighted by atomic mass is 10.2. The number of benzene rings is 3. The number of sulfone groups is 1. The third kappa shape index (κ3) is 4.49. The molecule has 9 heteroatoms. The van der Waals surface area contributed by atoms with Crippen LogP contribution >= 0.6 is 15.9 Å². The third-order valence-electron chi connectivity index (χ3n) is 4.64. The van der Waals surface area contributed by atoms with Gasteiger partial charge >= 0.3 is 0 Å². The van der Waals surface area contributed by atoms with E-state index in [0.29, 0.717) is 22.7 Å². The van der Waals surface area contributed by atoms with E-state index in [1.54, 1.807) is 74.9 Å². The van der Waals surface area contributed by atoms with E-state index >= 15 is 0 Å². The number of oxazole rings is 1. The Balaban J connectivity index is 1.82. The van der Waals surface area contributed by atoms with Crippen LogP contribution in [-0.2, 0) is 9.84 Å². The van der Waals surface area contributed by atoms with Crippen molar-refractivity contribution in [2.45, 2.75) is 9.92 Å². The monoisotopic (exact) mass is 514 g/mol. The molecule has 1 heterocycles. The molecule has 0 spiro atoms. The average Bonchev–Trinajstić information content (AvgIpc) is 3.24. The lowest BCUT2D eigenvalue weighted by Gasteiger charge is -2.07. The van der Waals surface area contributed by atoms with Gasteiger partial charge in [-0.25, -0.2) is 8.42 Å². The zero-order valence-corrected chi connectivity index (χ0v) is 19.6. The van der Waals surface area contributed by atoms with Crippen molar-refractivity contribution in [2.75, 3.05) is 19.5 Å². The maximum atomic E-state index is 13.4. The zero-order valence-electron chi connectivity index (χ0n) is 17.2. The summed E-state index contributed by atoms with van der Waals surface area (Å²) < 4.78 is 43.9. The summed E-state index contributed by atoms with van der Waals surface area (Å²) in [6.45, 7) is 0. The molecule has 4 aromatic rings. The minimum atomic E-state index is -3.97. The topological polar surface area (TPSA) is 90.7 Å². The molecule has 0 saturated heterocycles. The molecule has 0 aliphatic rings. The Hall–Kier alpha value is -3.30. The van der Waals surface area contributed by atoms with Crippen LogP contribution in [0.4, 0.5) is 11.6 Å². The number of methoxy groups -OCH3 is 2. The highest BCUT2D eigenvalue weighted by molar-refractivity contribution is 9.10. The van der Waals surface area contributed by atoms with Gasteiger partial charge in [0.05, 0.1) is 19.1 Å². The average molecular weight is 515 g/mol. The number of rotatable bonds is 7. The first-order valence-corrected chi connectivity index (χ1v) is 11.8. The predicted octanol–water partition coefficient (Wildman–Crippen LogP) is 5.70. The molecule has 0 fully saturated rings. The molecule has 0 amide bonds. The van der Waals surface area contributed by atoms with Gasteiger partial charge in [0.1, 0.15) is 11.5 Å². The maximum Gasteiger partial charge on any atom is 0.238 e. The Bertz CT molecular complexity index is 1330. The van der Waals surface area contributed by atoms with Gasteiger partial charge < -0.3 is 19.2 Å². The van der Waals surface area contributed by atoms with E-state index in [9.17, 15) is 8.42 Å². The second-order valence-corrected chi connectivity index (χ2v) is 9.48. The van der Waals surface area contributed by atoms with E-state index in [-0.39, 0.29) is 21.7 Å². The molecule has 3 aromatic carbocycles. The van der Waals surface area contributed by atoms with E-state index in [1.165, 1.54) is 12.1 Å². The molecule has 164 valence electrons. The van der Waals surface area contributed by atoms with Crippen molar-refractivity contribution in [1.82, 2.24) is 4.98 Å². The molecule has 0 unspecified atom stereocenters. The number of hydrogen-bond acceptors (Lipinski definition) is 7. The molecule has 4 rings (SSSR count). The van der Waals surface area contributed by atoms with Crippen molar-refractivity contribution in [3.8, 4) is 23.0 Å². The first-order chi connectivity index (χ1) is 15.4. The van der Waals surface area contributed by atoms with Crippen LogP contribution in [0.5, 0.6) is 11.5 Å². The fourth-order valence-electron chi connectivity index (χ4n) is 2.98. The number of nitrogens with zero attached hydrogens (tertiary/aromatic N) is 1. The number of ether oxygens (including phenoxy) is 2. The Morgan fingerprint density at radius 3 is 2.25 bits per heavy atom. The fourth-order valence-corrected chi connectivity index (χ4v) is 4.50. The first-order valence-electron chi connectivity index (χ1n) is 9.47. The van der Waals surface area contributed by atoms with E-state index in [2.05, 4.69) is 26.2 Å². The van der Waals surface area contributed by atoms with Gasteiger partial charge in [-0.2, -0.15) is 4.98 Å². The fraction of sp³-hybridized carbons (Fsp3) is 0.0870. The number of aromatic nitrogens is 1. The Morgan fingerprint density at radius 2 is 1.59 bits per heavy atom. The van der Waals surface area contributed by atoms with E-state index in [1.807, 2.05) is 0 Å². The Labute approximate surface area is 194 Å². The molecule has 0 bridgehead atoms. The highest BCUT2D eigenvalue weighted by Crippen LogP contribution is 2.35. The van der Waals surface area contributed by atoms with Gasteiger partial charge in [-0.15, -0.1) is 0 Å². The van der Waals surface area contributed by atoms with Crippen molar-refractivity contribution >= 4 is 37.3 Å². The summed E-state index contributed by atoms with van der Waals surface area (Å²) in [5.74, 6) is 1.45. The summed E-state index contributed by atoms with van der Waals surface area (Å²) in [5.41, 5.74) is 1.20. The van der Waals surface area contributed by atoms with Gasteiger partial charge in [0, 0.05) is 21.8 Å². The summed E-state index contributed by atoms with van der Waals surface area (Å²) in [5, 5.41) is 2.81. The SMILES string of the molecule is COc1ccc(-c2nc(S(=O)(=O)c3ccc(Br)cc3)c(Nc3cccc(OC)c3)o2)cc1. The minimum Gasteiger partial charge on any atom is -0.497 e. The molecule has 0 atom stereocenters. The molecule has 0 aliphatic carbocycles. The summed E-state index contributed by atoms with van der Waals surface area (Å²) in [6.07, 6.45) is 0. The minimum absolute atomic E-state index is 0.00647. The summed E-state index contributed by atoms with van der Waals surface area (Å²) in [6, 6.07) is 20.4. The van der Waals surface area contributed by atoms with Crippen LogP contribution in [0.2, 0.25) is 0 Å². The number of halogens is 1. The van der Waals surface area contributed by atoms with Gasteiger partial charge in [0.2, 0.25) is 26.6 Å². The van der Waals surface area contributed by atoms with Gasteiger partial charge in [-0.3, -0.25) is 0 Å². The molecule has 1 N–H and O–H groups in total. The molecule has 0 saturated carbocycles. The summed E-state index contributed by atoms with van der Waals surface area (Å²) in [4.78, 5) is 4.45. The molecule has 7 nitrogen and oxygen atoms in total. The predicted molar refractivity (Wildman–Crippen MR) is 124 cm³/mol. The molecule has 0 aliphatic heterocycles. The van der Waals surface area contributed by atoms with Gasteiger partial charge in [-0.05, 0) is 60.7 Å². The molecular formula is C23H19BrN2O5S. The van der Waals surface area contributed by atoms with Crippen molar-refractivity contribution in [1.29, 1.82) is 0 Å². The summed E-state index contributed by atoms with van der Waals surface area (Å²) >= 11 is 3.32. The molecule has 32 heavy (non-hydrogen) atoms. The van der Waals surface area contributed by atoms with Crippen molar-refractivity contribution in [3.63, 3.8) is 0 Å². The smallest absolute Gasteiger partial charge is 0.238 e. The van der Waals surface area contributed by atoms with Crippen molar-refractivity contribution in [2.24, 2.45) is 0 Å². The van der Waals surface area contributed by atoms with Gasteiger partial charge in [0.25, 0.3) is 0 Å². The molecular weight excluding hydrogens is 496 g/mol. The number of hydrogen-bond donors (Lipinski definition) is 1. The van der Waals surface area contributed by atoms with Crippen molar-refractivity contribution < 1.29 is 22.3 Å². The first kappa shape index (κ1) is 21.9. The third-order valence-corrected chi connectivity index (χ3v) is 6.85. The van der Waals surface area contributed by atoms with Gasteiger partial charge in [0.15, 0.2) is 0 Å². The highest BCUT2D eigenvalue weighted by Gasteiger charge is 2.29. The van der Waals surface area contributed by atoms with Crippen LogP contribution in [0.25, 0.3) is 11.5 Å². The van der Waals surface area contributed by atoms with Crippen LogP contribution in [0.1, 0.15) is 0 Å².